The van der Waals surface area contributed by atoms with Crippen LogP contribution < -0.4 is 5.32 Å². The third-order valence-electron chi connectivity index (χ3n) is 4.55. The first-order chi connectivity index (χ1) is 10.2. The van der Waals surface area contributed by atoms with Crippen molar-refractivity contribution in [3.63, 3.8) is 0 Å². The molecule has 1 heterocycles. The summed E-state index contributed by atoms with van der Waals surface area (Å²) in [6.45, 7) is 11.1. The maximum atomic E-state index is 12.6. The second-order valence-corrected chi connectivity index (χ2v) is 7.18. The van der Waals surface area contributed by atoms with Crippen molar-refractivity contribution >= 4 is 5.91 Å². The molecule has 5 heteroatoms. The van der Waals surface area contributed by atoms with E-state index >= 15 is 0 Å². The average Bonchev–Trinajstić information content (AvgIpc) is 2.85. The van der Waals surface area contributed by atoms with E-state index < -0.39 is 0 Å². The lowest BCUT2D eigenvalue weighted by atomic mass is 9.79. The number of nitrogens with one attached hydrogen (secondary N) is 1. The number of rotatable bonds is 7. The normalized spacial score (nSPS) is 12.5. The van der Waals surface area contributed by atoms with Crippen LogP contribution in [0.4, 0.5) is 0 Å². The van der Waals surface area contributed by atoms with E-state index in [1.807, 2.05) is 7.05 Å². The minimum Gasteiger partial charge on any atom is -0.396 e. The van der Waals surface area contributed by atoms with Crippen LogP contribution in [0.15, 0.2) is 6.20 Å². The lowest BCUT2D eigenvalue weighted by molar-refractivity contribution is 0.0905. The Kier molecular flexibility index (Phi) is 6.17. The fourth-order valence-electron chi connectivity index (χ4n) is 2.75. The van der Waals surface area contributed by atoms with Crippen molar-refractivity contribution < 1.29 is 9.90 Å². The Morgan fingerprint density at radius 2 is 1.91 bits per heavy atom. The van der Waals surface area contributed by atoms with Gasteiger partial charge in [0, 0.05) is 31.8 Å². The molecule has 0 unspecified atom stereocenters. The van der Waals surface area contributed by atoms with Crippen molar-refractivity contribution in [2.24, 2.45) is 12.5 Å². The molecule has 1 rings (SSSR count). The monoisotopic (exact) mass is 309 g/mol. The molecular weight excluding hydrogens is 278 g/mol. The van der Waals surface area contributed by atoms with Crippen LogP contribution in [0.1, 0.15) is 69.9 Å². The van der Waals surface area contributed by atoms with E-state index in [1.54, 1.807) is 10.9 Å². The first-order valence-corrected chi connectivity index (χ1v) is 8.12. The van der Waals surface area contributed by atoms with Crippen molar-refractivity contribution in [3.05, 3.63) is 17.5 Å². The number of hydrogen-bond acceptors (Lipinski definition) is 3. The molecule has 1 aromatic rings. The summed E-state index contributed by atoms with van der Waals surface area (Å²) in [5, 5.41) is 16.8. The zero-order valence-corrected chi connectivity index (χ0v) is 14.9. The molecule has 5 nitrogen and oxygen atoms in total. The number of hydrogen-bond donors (Lipinski definition) is 2. The number of aromatic nitrogens is 2. The predicted molar refractivity (Wildman–Crippen MR) is 89.0 cm³/mol. The molecule has 0 fully saturated rings. The van der Waals surface area contributed by atoms with Crippen LogP contribution in [-0.4, -0.2) is 33.9 Å². The summed E-state index contributed by atoms with van der Waals surface area (Å²) in [7, 11) is 1.83. The highest BCUT2D eigenvalue weighted by Gasteiger charge is 2.29. The predicted octanol–water partition coefficient (Wildman–Crippen LogP) is 2.64. The molecule has 126 valence electrons. The molecule has 0 radical (unpaired) electrons. The van der Waals surface area contributed by atoms with E-state index in [0.29, 0.717) is 18.5 Å². The van der Waals surface area contributed by atoms with Gasteiger partial charge in [-0.25, -0.2) is 0 Å². The third-order valence-corrected chi connectivity index (χ3v) is 4.55. The molecule has 2 N–H and O–H groups in total. The van der Waals surface area contributed by atoms with Gasteiger partial charge in [-0.2, -0.15) is 5.10 Å². The van der Waals surface area contributed by atoms with Crippen molar-refractivity contribution in [1.82, 2.24) is 15.1 Å². The van der Waals surface area contributed by atoms with Crippen LogP contribution in [0.5, 0.6) is 0 Å². The van der Waals surface area contributed by atoms with Gasteiger partial charge in [0.15, 0.2) is 0 Å². The van der Waals surface area contributed by atoms with Crippen LogP contribution in [0.2, 0.25) is 0 Å². The average molecular weight is 309 g/mol. The van der Waals surface area contributed by atoms with Gasteiger partial charge >= 0.3 is 0 Å². The Morgan fingerprint density at radius 3 is 2.36 bits per heavy atom. The minimum absolute atomic E-state index is 0.0332. The van der Waals surface area contributed by atoms with Crippen LogP contribution in [0.3, 0.4) is 0 Å². The van der Waals surface area contributed by atoms with E-state index in [9.17, 15) is 9.90 Å². The minimum atomic E-state index is -0.175. The number of nitrogens with zero attached hydrogens (tertiary/aromatic N) is 2. The molecule has 0 aromatic carbocycles. The first-order valence-electron chi connectivity index (χ1n) is 8.12. The molecule has 0 atom stereocenters. The first kappa shape index (κ1) is 18.7. The fraction of sp³-hybridized carbons (Fsp3) is 0.765. The summed E-state index contributed by atoms with van der Waals surface area (Å²) in [6.07, 6.45) is 4.36. The van der Waals surface area contributed by atoms with Gasteiger partial charge in [-0.05, 0) is 24.7 Å². The van der Waals surface area contributed by atoms with E-state index in [1.165, 1.54) is 0 Å². The molecule has 0 saturated carbocycles. The Bertz CT molecular complexity index is 496. The van der Waals surface area contributed by atoms with Crippen LogP contribution in [0.25, 0.3) is 0 Å². The zero-order valence-electron chi connectivity index (χ0n) is 14.9. The highest BCUT2D eigenvalue weighted by atomic mass is 16.3. The topological polar surface area (TPSA) is 67.2 Å². The van der Waals surface area contributed by atoms with Crippen molar-refractivity contribution in [3.8, 4) is 0 Å². The Morgan fingerprint density at radius 1 is 1.32 bits per heavy atom. The van der Waals surface area contributed by atoms with Gasteiger partial charge in [0.05, 0.1) is 11.3 Å². The molecule has 0 bridgehead atoms. The molecule has 0 spiro atoms. The van der Waals surface area contributed by atoms with Crippen molar-refractivity contribution in [2.75, 3.05) is 13.2 Å². The van der Waals surface area contributed by atoms with Gasteiger partial charge < -0.3 is 10.4 Å². The fourth-order valence-corrected chi connectivity index (χ4v) is 2.75. The standard InChI is InChI=1S/C17H31N3O2/c1-7-17(8-2,9-10-21)12-18-15(22)13-11-20(6)19-14(13)16(3,4)5/h11,21H,7-10,12H2,1-6H3,(H,18,22). The quantitative estimate of drug-likeness (QED) is 0.813. The summed E-state index contributed by atoms with van der Waals surface area (Å²) in [6, 6.07) is 0. The molecule has 0 aliphatic carbocycles. The third kappa shape index (κ3) is 4.32. The molecule has 1 amide bonds. The molecule has 22 heavy (non-hydrogen) atoms. The molecule has 0 aliphatic rings. The van der Waals surface area contributed by atoms with Gasteiger partial charge in [0.25, 0.3) is 5.91 Å². The van der Waals surface area contributed by atoms with Gasteiger partial charge in [-0.1, -0.05) is 34.6 Å². The smallest absolute Gasteiger partial charge is 0.254 e. The largest absolute Gasteiger partial charge is 0.396 e. The van der Waals surface area contributed by atoms with Gasteiger partial charge in [0.2, 0.25) is 0 Å². The van der Waals surface area contributed by atoms with Crippen LogP contribution in [-0.2, 0) is 12.5 Å². The number of carbonyl (C=O) groups excluding carboxylic acids is 1. The van der Waals surface area contributed by atoms with E-state index in [2.05, 4.69) is 45.0 Å². The highest BCUT2D eigenvalue weighted by molar-refractivity contribution is 5.95. The van der Waals surface area contributed by atoms with Gasteiger partial charge in [-0.15, -0.1) is 0 Å². The molecular formula is C17H31N3O2. The van der Waals surface area contributed by atoms with Gasteiger partial charge in [0.1, 0.15) is 0 Å². The van der Waals surface area contributed by atoms with E-state index in [-0.39, 0.29) is 23.3 Å². The second kappa shape index (κ2) is 7.27. The summed E-state index contributed by atoms with van der Waals surface area (Å²) in [5.74, 6) is -0.0813. The summed E-state index contributed by atoms with van der Waals surface area (Å²) in [5.41, 5.74) is 1.24. The Labute approximate surface area is 134 Å². The number of aliphatic hydroxyl groups is 1. The summed E-state index contributed by atoms with van der Waals surface area (Å²) in [4.78, 5) is 12.6. The zero-order chi connectivity index (χ0) is 17.0. The van der Waals surface area contributed by atoms with Crippen LogP contribution in [0, 0.1) is 5.41 Å². The second-order valence-electron chi connectivity index (χ2n) is 7.18. The molecule has 0 aliphatic heterocycles. The molecule has 1 aromatic heterocycles. The lowest BCUT2D eigenvalue weighted by Crippen LogP contribution is -2.38. The Balaban J connectivity index is 2.90. The van der Waals surface area contributed by atoms with E-state index in [0.717, 1.165) is 18.5 Å². The van der Waals surface area contributed by atoms with Crippen molar-refractivity contribution in [1.29, 1.82) is 0 Å². The van der Waals surface area contributed by atoms with Gasteiger partial charge in [-0.3, -0.25) is 9.48 Å². The number of aryl methyl sites for hydroxylation is 1. The highest BCUT2D eigenvalue weighted by Crippen LogP contribution is 2.30. The molecule has 0 saturated heterocycles. The number of amides is 1. The Hall–Kier alpha value is -1.36. The lowest BCUT2D eigenvalue weighted by Gasteiger charge is -2.31. The number of carbonyl (C=O) groups is 1. The van der Waals surface area contributed by atoms with E-state index in [4.69, 9.17) is 0 Å². The van der Waals surface area contributed by atoms with Crippen LogP contribution >= 0.6 is 0 Å². The van der Waals surface area contributed by atoms with Crippen molar-refractivity contribution in [2.45, 2.75) is 59.3 Å². The number of aliphatic hydroxyl groups excluding tert-OH is 1. The summed E-state index contributed by atoms with van der Waals surface area (Å²) >= 11 is 0. The SMILES string of the molecule is CCC(CC)(CCO)CNC(=O)c1cn(C)nc1C(C)(C)C. The maximum Gasteiger partial charge on any atom is 0.254 e. The maximum absolute atomic E-state index is 12.6. The summed E-state index contributed by atoms with van der Waals surface area (Å²) < 4.78 is 1.69.